The molecular weight excluding hydrogens is 507 g/mol. The van der Waals surface area contributed by atoms with Crippen molar-refractivity contribution < 1.29 is 14.6 Å². The Labute approximate surface area is 193 Å². The number of phenolic OH excluding ortho intramolecular Hbond substituents is 1. The molecule has 0 saturated carbocycles. The number of hydrogen-bond acceptors (Lipinski definition) is 4. The monoisotopic (exact) mass is 532 g/mol. The number of halogens is 2. The van der Waals surface area contributed by atoms with Crippen LogP contribution < -0.4 is 15.4 Å². The second-order valence-corrected chi connectivity index (χ2v) is 6.43. The lowest BCUT2D eigenvalue weighted by Crippen LogP contribution is -2.41. The molecule has 0 heterocycles. The standard InChI is InChI=1S/C20H25ClN4O3.HI/c1-3-22-20(23-14-19(27)24-16-7-9-17(26)10-8-16)25(2)11-12-28-18-6-4-5-15(21)13-18;/h4-10,13,26H,3,11-12,14H2,1-2H3,(H,22,23)(H,24,27);1H. The molecule has 0 unspecified atom stereocenters. The number of carbonyl (C=O) groups excluding carboxylic acids is 1. The van der Waals surface area contributed by atoms with Crippen LogP contribution in [0.15, 0.2) is 53.5 Å². The Balaban J connectivity index is 0.00000420. The molecule has 7 nitrogen and oxygen atoms in total. The van der Waals surface area contributed by atoms with Gasteiger partial charge in [0.05, 0.1) is 6.54 Å². The van der Waals surface area contributed by atoms with Crippen LogP contribution in [0.4, 0.5) is 5.69 Å². The molecule has 1 amide bonds. The minimum Gasteiger partial charge on any atom is -0.508 e. The predicted molar refractivity (Wildman–Crippen MR) is 128 cm³/mol. The van der Waals surface area contributed by atoms with E-state index >= 15 is 0 Å². The number of anilines is 1. The molecule has 0 saturated heterocycles. The zero-order chi connectivity index (χ0) is 20.4. The van der Waals surface area contributed by atoms with Gasteiger partial charge in [0.25, 0.3) is 0 Å². The summed E-state index contributed by atoms with van der Waals surface area (Å²) in [5, 5.41) is 15.8. The van der Waals surface area contributed by atoms with Gasteiger partial charge >= 0.3 is 0 Å². The second-order valence-electron chi connectivity index (χ2n) is 5.99. The van der Waals surface area contributed by atoms with Crippen LogP contribution in [0.2, 0.25) is 5.02 Å². The number of carbonyl (C=O) groups is 1. The number of guanidine groups is 1. The number of nitrogens with one attached hydrogen (secondary N) is 2. The maximum atomic E-state index is 12.1. The van der Waals surface area contributed by atoms with Crippen molar-refractivity contribution in [2.75, 3.05) is 38.6 Å². The molecule has 0 atom stereocenters. The lowest BCUT2D eigenvalue weighted by Gasteiger charge is -2.22. The molecule has 0 bridgehead atoms. The van der Waals surface area contributed by atoms with Crippen molar-refractivity contribution in [1.29, 1.82) is 0 Å². The Morgan fingerprint density at radius 1 is 1.24 bits per heavy atom. The molecule has 29 heavy (non-hydrogen) atoms. The largest absolute Gasteiger partial charge is 0.508 e. The first-order chi connectivity index (χ1) is 13.5. The molecule has 2 aromatic carbocycles. The third kappa shape index (κ3) is 9.23. The molecule has 0 spiro atoms. The Morgan fingerprint density at radius 2 is 1.97 bits per heavy atom. The zero-order valence-corrected chi connectivity index (χ0v) is 19.5. The van der Waals surface area contributed by atoms with E-state index in [-0.39, 0.29) is 42.2 Å². The van der Waals surface area contributed by atoms with Crippen LogP contribution >= 0.6 is 35.6 Å². The lowest BCUT2D eigenvalue weighted by molar-refractivity contribution is -0.114. The molecule has 0 fully saturated rings. The number of phenols is 1. The van der Waals surface area contributed by atoms with Crippen LogP contribution in [0.25, 0.3) is 0 Å². The minimum absolute atomic E-state index is 0. The summed E-state index contributed by atoms with van der Waals surface area (Å²) in [5.41, 5.74) is 0.603. The van der Waals surface area contributed by atoms with Gasteiger partial charge in [-0.25, -0.2) is 4.99 Å². The van der Waals surface area contributed by atoms with E-state index in [1.54, 1.807) is 24.3 Å². The molecule has 0 radical (unpaired) electrons. The number of benzene rings is 2. The first kappa shape index (κ1) is 24.8. The Hall–Kier alpha value is -2.20. The summed E-state index contributed by atoms with van der Waals surface area (Å²) in [5.74, 6) is 1.21. The van der Waals surface area contributed by atoms with E-state index in [2.05, 4.69) is 15.6 Å². The number of rotatable bonds is 8. The summed E-state index contributed by atoms with van der Waals surface area (Å²) < 4.78 is 5.69. The first-order valence-electron chi connectivity index (χ1n) is 8.94. The lowest BCUT2D eigenvalue weighted by atomic mass is 10.3. The topological polar surface area (TPSA) is 86.2 Å². The Kier molecular flexibility index (Phi) is 11.2. The highest BCUT2D eigenvalue weighted by Gasteiger charge is 2.08. The van der Waals surface area contributed by atoms with E-state index in [1.165, 1.54) is 12.1 Å². The van der Waals surface area contributed by atoms with Gasteiger partial charge in [-0.2, -0.15) is 0 Å². The molecule has 0 aromatic heterocycles. The van der Waals surface area contributed by atoms with Gasteiger partial charge in [-0.3, -0.25) is 4.79 Å². The van der Waals surface area contributed by atoms with Gasteiger partial charge in [-0.15, -0.1) is 24.0 Å². The van der Waals surface area contributed by atoms with Crippen molar-refractivity contribution in [3.63, 3.8) is 0 Å². The van der Waals surface area contributed by atoms with E-state index in [0.29, 0.717) is 42.1 Å². The number of ether oxygens (including phenoxy) is 1. The normalized spacial score (nSPS) is 10.7. The number of aromatic hydroxyl groups is 1. The van der Waals surface area contributed by atoms with Gasteiger partial charge in [0, 0.05) is 24.3 Å². The fourth-order valence-corrected chi connectivity index (χ4v) is 2.51. The molecular formula is C20H26ClIN4O3. The van der Waals surface area contributed by atoms with Crippen LogP contribution in [0.5, 0.6) is 11.5 Å². The summed E-state index contributed by atoms with van der Waals surface area (Å²) in [6.45, 7) is 3.64. The smallest absolute Gasteiger partial charge is 0.246 e. The van der Waals surface area contributed by atoms with Crippen molar-refractivity contribution in [2.24, 2.45) is 4.99 Å². The Bertz CT molecular complexity index is 803. The Morgan fingerprint density at radius 3 is 2.62 bits per heavy atom. The number of nitrogens with zero attached hydrogens (tertiary/aromatic N) is 2. The third-order valence-electron chi connectivity index (χ3n) is 3.71. The summed E-state index contributed by atoms with van der Waals surface area (Å²) in [4.78, 5) is 18.3. The number of aliphatic imine (C=N–C) groups is 1. The molecule has 2 aromatic rings. The van der Waals surface area contributed by atoms with Crippen LogP contribution in [0, 0.1) is 0 Å². The van der Waals surface area contributed by atoms with Crippen LogP contribution in [0.1, 0.15) is 6.92 Å². The van der Waals surface area contributed by atoms with Crippen LogP contribution in [-0.2, 0) is 4.79 Å². The van der Waals surface area contributed by atoms with E-state index in [4.69, 9.17) is 16.3 Å². The van der Waals surface area contributed by atoms with Gasteiger partial charge in [-0.1, -0.05) is 17.7 Å². The number of hydrogen-bond donors (Lipinski definition) is 3. The summed E-state index contributed by atoms with van der Waals surface area (Å²) in [6, 6.07) is 13.5. The fourth-order valence-electron chi connectivity index (χ4n) is 2.32. The molecule has 2 rings (SSSR count). The predicted octanol–water partition coefficient (Wildman–Crippen LogP) is 3.58. The second kappa shape index (κ2) is 13.1. The van der Waals surface area contributed by atoms with Gasteiger partial charge < -0.3 is 25.4 Å². The highest BCUT2D eigenvalue weighted by molar-refractivity contribution is 14.0. The quantitative estimate of drug-likeness (QED) is 0.209. The summed E-state index contributed by atoms with van der Waals surface area (Å²) in [6.07, 6.45) is 0. The van der Waals surface area contributed by atoms with Crippen molar-refractivity contribution in [2.45, 2.75) is 6.92 Å². The van der Waals surface area contributed by atoms with Gasteiger partial charge in [0.15, 0.2) is 5.96 Å². The maximum Gasteiger partial charge on any atom is 0.246 e. The van der Waals surface area contributed by atoms with Gasteiger partial charge in [-0.05, 0) is 49.4 Å². The van der Waals surface area contributed by atoms with Crippen molar-refractivity contribution in [3.05, 3.63) is 53.6 Å². The van der Waals surface area contributed by atoms with E-state index in [1.807, 2.05) is 31.0 Å². The summed E-state index contributed by atoms with van der Waals surface area (Å²) >= 11 is 5.94. The van der Waals surface area contributed by atoms with Gasteiger partial charge in [0.1, 0.15) is 24.7 Å². The van der Waals surface area contributed by atoms with Gasteiger partial charge in [0.2, 0.25) is 5.91 Å². The first-order valence-corrected chi connectivity index (χ1v) is 9.32. The fraction of sp³-hybridized carbons (Fsp3) is 0.300. The molecule has 0 aliphatic rings. The van der Waals surface area contributed by atoms with E-state index in [9.17, 15) is 9.90 Å². The summed E-state index contributed by atoms with van der Waals surface area (Å²) in [7, 11) is 1.88. The maximum absolute atomic E-state index is 12.1. The third-order valence-corrected chi connectivity index (χ3v) is 3.95. The highest BCUT2D eigenvalue weighted by Crippen LogP contribution is 2.17. The van der Waals surface area contributed by atoms with Crippen molar-refractivity contribution in [1.82, 2.24) is 10.2 Å². The number of likely N-dealkylation sites (N-methyl/N-ethyl adjacent to an activating group) is 1. The molecule has 158 valence electrons. The van der Waals surface area contributed by atoms with Crippen LogP contribution in [0.3, 0.4) is 0 Å². The SMILES string of the molecule is CCNC(=NCC(=O)Nc1ccc(O)cc1)N(C)CCOc1cccc(Cl)c1.I. The van der Waals surface area contributed by atoms with Crippen LogP contribution in [-0.4, -0.2) is 55.2 Å². The highest BCUT2D eigenvalue weighted by atomic mass is 127. The average Bonchev–Trinajstić information content (AvgIpc) is 2.67. The molecule has 0 aliphatic heterocycles. The molecule has 0 aliphatic carbocycles. The van der Waals surface area contributed by atoms with E-state index < -0.39 is 0 Å². The average molecular weight is 533 g/mol. The minimum atomic E-state index is -0.246. The number of amides is 1. The molecule has 3 N–H and O–H groups in total. The zero-order valence-electron chi connectivity index (χ0n) is 16.4. The van der Waals surface area contributed by atoms with Crippen molar-refractivity contribution >= 4 is 53.1 Å². The van der Waals surface area contributed by atoms with E-state index in [0.717, 1.165) is 0 Å². The molecule has 9 heteroatoms. The van der Waals surface area contributed by atoms with Crippen molar-refractivity contribution in [3.8, 4) is 11.5 Å².